The van der Waals surface area contributed by atoms with E-state index in [2.05, 4.69) is 33.0 Å². The Labute approximate surface area is 110 Å². The van der Waals surface area contributed by atoms with Crippen LogP contribution >= 0.6 is 0 Å². The van der Waals surface area contributed by atoms with Gasteiger partial charge in [-0.15, -0.1) is 0 Å². The van der Waals surface area contributed by atoms with E-state index in [1.165, 1.54) is 0 Å². The Morgan fingerprint density at radius 3 is 2.11 bits per heavy atom. The fourth-order valence-electron chi connectivity index (χ4n) is 3.36. The number of ether oxygens (including phenoxy) is 1. The molecule has 4 nitrogen and oxygen atoms in total. The maximum Gasteiger partial charge on any atom is 0.242 e. The van der Waals surface area contributed by atoms with Crippen LogP contribution in [0.3, 0.4) is 0 Å². The van der Waals surface area contributed by atoms with Crippen LogP contribution in [-0.2, 0) is 9.53 Å². The van der Waals surface area contributed by atoms with E-state index in [0.29, 0.717) is 13.1 Å². The van der Waals surface area contributed by atoms with Crippen molar-refractivity contribution >= 4 is 5.91 Å². The lowest BCUT2D eigenvalue weighted by atomic mass is 9.93. The summed E-state index contributed by atoms with van der Waals surface area (Å²) in [7, 11) is 0. The highest BCUT2D eigenvalue weighted by atomic mass is 16.5. The maximum absolute atomic E-state index is 12.7. The van der Waals surface area contributed by atoms with Crippen molar-refractivity contribution in [3.63, 3.8) is 0 Å². The second-order valence-corrected chi connectivity index (χ2v) is 7.15. The number of nitrogens with one attached hydrogen (secondary N) is 1. The fraction of sp³-hybridized carbons (Fsp3) is 0.929. The molecule has 1 unspecified atom stereocenters. The summed E-state index contributed by atoms with van der Waals surface area (Å²) in [6, 6.07) is 0. The van der Waals surface area contributed by atoms with E-state index >= 15 is 0 Å². The first-order valence-corrected chi connectivity index (χ1v) is 6.88. The van der Waals surface area contributed by atoms with Gasteiger partial charge in [0.1, 0.15) is 0 Å². The molecule has 2 rings (SSSR count). The Kier molecular flexibility index (Phi) is 3.23. The first-order chi connectivity index (χ1) is 8.14. The van der Waals surface area contributed by atoms with E-state index < -0.39 is 0 Å². The summed E-state index contributed by atoms with van der Waals surface area (Å²) in [5, 5.41) is 3.35. The number of morpholine rings is 1. The third-order valence-electron chi connectivity index (χ3n) is 3.82. The number of amides is 1. The number of hydrogen-bond donors (Lipinski definition) is 1. The van der Waals surface area contributed by atoms with Crippen molar-refractivity contribution in [3.8, 4) is 0 Å². The van der Waals surface area contributed by atoms with Crippen molar-refractivity contribution < 1.29 is 9.53 Å². The average Bonchev–Trinajstić information content (AvgIpc) is 2.60. The molecule has 0 saturated carbocycles. The highest BCUT2D eigenvalue weighted by molar-refractivity contribution is 5.86. The monoisotopic (exact) mass is 254 g/mol. The molecular weight excluding hydrogens is 228 g/mol. The van der Waals surface area contributed by atoms with E-state index in [9.17, 15) is 4.79 Å². The van der Waals surface area contributed by atoms with Crippen LogP contribution in [0.1, 0.15) is 47.5 Å². The maximum atomic E-state index is 12.7. The normalized spacial score (nSPS) is 34.6. The van der Waals surface area contributed by atoms with Crippen LogP contribution < -0.4 is 5.32 Å². The van der Waals surface area contributed by atoms with Crippen molar-refractivity contribution in [1.29, 1.82) is 0 Å². The Hall–Kier alpha value is -0.610. The topological polar surface area (TPSA) is 41.6 Å². The summed E-state index contributed by atoms with van der Waals surface area (Å²) in [5.41, 5.74) is -0.914. The lowest BCUT2D eigenvalue weighted by Crippen LogP contribution is -2.63. The van der Waals surface area contributed by atoms with E-state index in [1.807, 2.05) is 11.8 Å². The van der Waals surface area contributed by atoms with Gasteiger partial charge in [-0.2, -0.15) is 0 Å². The average molecular weight is 254 g/mol. The molecule has 0 aromatic rings. The molecule has 104 valence electrons. The summed E-state index contributed by atoms with van der Waals surface area (Å²) in [5.74, 6) is 0.226. The molecular formula is C14H26N2O2. The van der Waals surface area contributed by atoms with Crippen molar-refractivity contribution in [2.75, 3.05) is 19.6 Å². The molecule has 4 heteroatoms. The smallest absolute Gasteiger partial charge is 0.242 e. The molecule has 2 heterocycles. The van der Waals surface area contributed by atoms with Gasteiger partial charge in [-0.25, -0.2) is 0 Å². The van der Waals surface area contributed by atoms with Crippen LogP contribution in [0, 0.1) is 0 Å². The first kappa shape index (κ1) is 13.8. The van der Waals surface area contributed by atoms with Crippen LogP contribution in [0.2, 0.25) is 0 Å². The van der Waals surface area contributed by atoms with E-state index in [0.717, 1.165) is 19.4 Å². The first-order valence-electron chi connectivity index (χ1n) is 6.88. The van der Waals surface area contributed by atoms with Gasteiger partial charge in [-0.05, 0) is 54.0 Å². The lowest BCUT2D eigenvalue weighted by molar-refractivity contribution is -0.190. The number of rotatable bonds is 1. The summed E-state index contributed by atoms with van der Waals surface area (Å²) in [4.78, 5) is 14.7. The predicted molar refractivity (Wildman–Crippen MR) is 71.5 cm³/mol. The number of carbonyl (C=O) groups excluding carboxylic acids is 1. The molecule has 1 amide bonds. The largest absolute Gasteiger partial charge is 0.366 e. The minimum atomic E-state index is -0.372. The zero-order valence-electron chi connectivity index (χ0n) is 12.3. The van der Waals surface area contributed by atoms with Crippen molar-refractivity contribution in [2.24, 2.45) is 0 Å². The number of carbonyl (C=O) groups is 1. The van der Waals surface area contributed by atoms with Crippen molar-refractivity contribution in [2.45, 2.75) is 64.2 Å². The Balaban J connectivity index is 2.15. The zero-order chi connectivity index (χ0) is 13.6. The molecule has 0 spiro atoms. The van der Waals surface area contributed by atoms with Gasteiger partial charge >= 0.3 is 0 Å². The summed E-state index contributed by atoms with van der Waals surface area (Å²) >= 11 is 0. The fourth-order valence-corrected chi connectivity index (χ4v) is 3.36. The van der Waals surface area contributed by atoms with Gasteiger partial charge in [-0.1, -0.05) is 0 Å². The molecule has 0 aromatic heterocycles. The molecule has 0 aliphatic carbocycles. The minimum absolute atomic E-state index is 0.226. The molecule has 2 aliphatic rings. The third kappa shape index (κ3) is 2.69. The highest BCUT2D eigenvalue weighted by Gasteiger charge is 2.45. The zero-order valence-corrected chi connectivity index (χ0v) is 12.3. The van der Waals surface area contributed by atoms with Crippen LogP contribution in [0.25, 0.3) is 0 Å². The van der Waals surface area contributed by atoms with E-state index in [-0.39, 0.29) is 22.6 Å². The van der Waals surface area contributed by atoms with Gasteiger partial charge in [0.25, 0.3) is 0 Å². The van der Waals surface area contributed by atoms with Crippen LogP contribution in [0.15, 0.2) is 0 Å². The third-order valence-corrected chi connectivity index (χ3v) is 3.82. The predicted octanol–water partition coefficient (Wildman–Crippen LogP) is 1.54. The standard InChI is InChI=1S/C14H26N2O2/c1-12(2)9-16(10-13(3,4)18-12)11(17)14(5)7-6-8-15-14/h15H,6-10H2,1-5H3. The van der Waals surface area contributed by atoms with Gasteiger partial charge in [0, 0.05) is 13.1 Å². The van der Waals surface area contributed by atoms with E-state index in [4.69, 9.17) is 4.74 Å². The van der Waals surface area contributed by atoms with Gasteiger partial charge in [0.15, 0.2) is 0 Å². The molecule has 0 aromatic carbocycles. The Morgan fingerprint density at radius 2 is 1.67 bits per heavy atom. The van der Waals surface area contributed by atoms with Crippen molar-refractivity contribution in [3.05, 3.63) is 0 Å². The molecule has 0 bridgehead atoms. The molecule has 2 saturated heterocycles. The second kappa shape index (κ2) is 4.20. The number of nitrogens with zero attached hydrogens (tertiary/aromatic N) is 1. The van der Waals surface area contributed by atoms with Gasteiger partial charge in [-0.3, -0.25) is 4.79 Å². The molecule has 1 atom stereocenters. The quantitative estimate of drug-likeness (QED) is 0.772. The van der Waals surface area contributed by atoms with Crippen molar-refractivity contribution in [1.82, 2.24) is 10.2 Å². The van der Waals surface area contributed by atoms with Crippen LogP contribution in [0.5, 0.6) is 0 Å². The Bertz CT molecular complexity index is 328. The number of hydrogen-bond acceptors (Lipinski definition) is 3. The lowest BCUT2D eigenvalue weighted by Gasteiger charge is -2.48. The minimum Gasteiger partial charge on any atom is -0.366 e. The summed E-state index contributed by atoms with van der Waals surface area (Å²) in [6.07, 6.45) is 2.02. The molecule has 1 N–H and O–H groups in total. The molecule has 2 fully saturated rings. The summed E-state index contributed by atoms with van der Waals surface area (Å²) < 4.78 is 6.02. The highest BCUT2D eigenvalue weighted by Crippen LogP contribution is 2.31. The SMILES string of the molecule is CC1(C)CN(C(=O)C2(C)CCCN2)CC(C)(C)O1. The van der Waals surface area contributed by atoms with E-state index in [1.54, 1.807) is 0 Å². The molecule has 2 aliphatic heterocycles. The Morgan fingerprint density at radius 1 is 1.11 bits per heavy atom. The molecule has 18 heavy (non-hydrogen) atoms. The second-order valence-electron chi connectivity index (χ2n) is 7.15. The van der Waals surface area contributed by atoms with Crippen LogP contribution in [-0.4, -0.2) is 47.2 Å². The van der Waals surface area contributed by atoms with Gasteiger partial charge in [0.2, 0.25) is 5.91 Å². The molecule has 0 radical (unpaired) electrons. The van der Waals surface area contributed by atoms with Gasteiger partial charge < -0.3 is 15.0 Å². The van der Waals surface area contributed by atoms with Crippen LogP contribution in [0.4, 0.5) is 0 Å². The van der Waals surface area contributed by atoms with Gasteiger partial charge in [0.05, 0.1) is 16.7 Å². The summed E-state index contributed by atoms with van der Waals surface area (Å²) in [6.45, 7) is 12.5.